The third-order valence-electron chi connectivity index (χ3n) is 4.62. The molecule has 0 radical (unpaired) electrons. The van der Waals surface area contributed by atoms with E-state index in [2.05, 4.69) is 17.1 Å². The van der Waals surface area contributed by atoms with Gasteiger partial charge in [-0.2, -0.15) is 13.2 Å². The first-order valence-electron chi connectivity index (χ1n) is 7.72. The molecule has 1 aliphatic carbocycles. The summed E-state index contributed by atoms with van der Waals surface area (Å²) in [7, 11) is 0. The Balaban J connectivity index is 1.44. The fraction of sp³-hybridized carbons (Fsp3) is 0.600. The van der Waals surface area contributed by atoms with Crippen LogP contribution >= 0.6 is 0 Å². The zero-order chi connectivity index (χ0) is 16.2. The van der Waals surface area contributed by atoms with Gasteiger partial charge in [-0.05, 0) is 24.5 Å². The molecule has 0 bridgehead atoms. The molecule has 8 heteroatoms. The third-order valence-corrected chi connectivity index (χ3v) is 4.62. The highest BCUT2D eigenvalue weighted by molar-refractivity contribution is 5.17. The standard InChI is InChI=1S/C15H17F3N4O/c1-9-6-11(9)12-3-2-10(23-12)7-21-4-5-22-13(8-21)19-20-14(22)15(16,17)18/h2-3,9,11H,4-8H2,1H3/t9-,11-/m1/s1. The third kappa shape index (κ3) is 2.75. The van der Waals surface area contributed by atoms with Crippen molar-refractivity contribution < 1.29 is 17.6 Å². The average Bonchev–Trinajstić information content (AvgIpc) is 2.90. The molecule has 2 aromatic rings. The van der Waals surface area contributed by atoms with Gasteiger partial charge in [0.15, 0.2) is 0 Å². The Morgan fingerprint density at radius 1 is 1.26 bits per heavy atom. The maximum Gasteiger partial charge on any atom is 0.451 e. The highest BCUT2D eigenvalue weighted by Gasteiger charge is 2.40. The fourth-order valence-corrected chi connectivity index (χ4v) is 3.17. The molecule has 1 aliphatic heterocycles. The van der Waals surface area contributed by atoms with E-state index in [-0.39, 0.29) is 6.54 Å². The molecule has 0 spiro atoms. The summed E-state index contributed by atoms with van der Waals surface area (Å²) in [6.45, 7) is 3.88. The lowest BCUT2D eigenvalue weighted by Crippen LogP contribution is -2.34. The van der Waals surface area contributed by atoms with Crippen molar-refractivity contribution in [3.05, 3.63) is 35.3 Å². The first-order chi connectivity index (χ1) is 10.9. The molecule has 0 aromatic carbocycles. The van der Waals surface area contributed by atoms with Gasteiger partial charge in [0.25, 0.3) is 0 Å². The second-order valence-corrected chi connectivity index (χ2v) is 6.42. The van der Waals surface area contributed by atoms with E-state index in [0.717, 1.165) is 16.1 Å². The minimum absolute atomic E-state index is 0.240. The summed E-state index contributed by atoms with van der Waals surface area (Å²) in [5, 5.41) is 6.98. The monoisotopic (exact) mass is 326 g/mol. The molecule has 1 saturated carbocycles. The Bertz CT molecular complexity index is 721. The van der Waals surface area contributed by atoms with Crippen LogP contribution < -0.4 is 0 Å². The van der Waals surface area contributed by atoms with Gasteiger partial charge in [0.05, 0.1) is 13.1 Å². The lowest BCUT2D eigenvalue weighted by atomic mass is 10.3. The van der Waals surface area contributed by atoms with Crippen molar-refractivity contribution in [1.82, 2.24) is 19.7 Å². The van der Waals surface area contributed by atoms with Crippen LogP contribution in [0.4, 0.5) is 13.2 Å². The molecule has 0 unspecified atom stereocenters. The number of fused-ring (bicyclic) bond motifs is 1. The Hall–Kier alpha value is -1.83. The Kier molecular flexibility index (Phi) is 3.26. The molecule has 2 aliphatic rings. The molecule has 3 heterocycles. The summed E-state index contributed by atoms with van der Waals surface area (Å²) in [6.07, 6.45) is -3.29. The second kappa shape index (κ2) is 5.09. The molecule has 0 amide bonds. The predicted octanol–water partition coefficient (Wildman–Crippen LogP) is 3.03. The van der Waals surface area contributed by atoms with E-state index in [0.29, 0.717) is 37.3 Å². The molecule has 0 saturated heterocycles. The number of aromatic nitrogens is 3. The smallest absolute Gasteiger partial charge is 0.451 e. The van der Waals surface area contributed by atoms with Crippen LogP contribution in [0.3, 0.4) is 0 Å². The maximum absolute atomic E-state index is 12.8. The van der Waals surface area contributed by atoms with Crippen molar-refractivity contribution in [1.29, 1.82) is 0 Å². The first kappa shape index (κ1) is 14.7. The van der Waals surface area contributed by atoms with Crippen LogP contribution in [0.15, 0.2) is 16.5 Å². The van der Waals surface area contributed by atoms with Gasteiger partial charge in [-0.15, -0.1) is 10.2 Å². The lowest BCUT2D eigenvalue weighted by Gasteiger charge is -2.27. The van der Waals surface area contributed by atoms with Crippen molar-refractivity contribution in [2.45, 2.75) is 45.1 Å². The quantitative estimate of drug-likeness (QED) is 0.870. The average molecular weight is 326 g/mol. The summed E-state index contributed by atoms with van der Waals surface area (Å²) in [5.41, 5.74) is 0. The Labute approximate surface area is 131 Å². The summed E-state index contributed by atoms with van der Waals surface area (Å²) < 4.78 is 45.5. The van der Waals surface area contributed by atoms with Crippen LogP contribution in [-0.4, -0.2) is 26.2 Å². The van der Waals surface area contributed by atoms with Gasteiger partial charge in [-0.1, -0.05) is 6.92 Å². The van der Waals surface area contributed by atoms with Crippen molar-refractivity contribution in [2.24, 2.45) is 5.92 Å². The Morgan fingerprint density at radius 3 is 2.74 bits per heavy atom. The van der Waals surface area contributed by atoms with Gasteiger partial charge >= 0.3 is 6.18 Å². The SMILES string of the molecule is C[C@@H]1C[C@H]1c1ccc(CN2CCn3c(nnc3C(F)(F)F)C2)o1. The largest absolute Gasteiger partial charge is 0.464 e. The van der Waals surface area contributed by atoms with Crippen LogP contribution in [0, 0.1) is 5.92 Å². The van der Waals surface area contributed by atoms with Crippen molar-refractivity contribution >= 4 is 0 Å². The van der Waals surface area contributed by atoms with E-state index >= 15 is 0 Å². The minimum atomic E-state index is -4.45. The van der Waals surface area contributed by atoms with Crippen LogP contribution in [0.5, 0.6) is 0 Å². The number of halogens is 3. The predicted molar refractivity (Wildman–Crippen MR) is 74.4 cm³/mol. The number of furan rings is 1. The molecule has 2 aromatic heterocycles. The van der Waals surface area contributed by atoms with Crippen molar-refractivity contribution in [3.63, 3.8) is 0 Å². The van der Waals surface area contributed by atoms with E-state index in [1.165, 1.54) is 6.42 Å². The molecule has 4 rings (SSSR count). The maximum atomic E-state index is 12.8. The van der Waals surface area contributed by atoms with E-state index in [9.17, 15) is 13.2 Å². The van der Waals surface area contributed by atoms with E-state index < -0.39 is 12.0 Å². The molecule has 2 atom stereocenters. The second-order valence-electron chi connectivity index (χ2n) is 6.42. The van der Waals surface area contributed by atoms with Gasteiger partial charge < -0.3 is 8.98 Å². The number of alkyl halides is 3. The molecule has 1 fully saturated rings. The number of rotatable bonds is 3. The zero-order valence-electron chi connectivity index (χ0n) is 12.7. The number of nitrogens with zero attached hydrogens (tertiary/aromatic N) is 4. The van der Waals surface area contributed by atoms with E-state index in [1.807, 2.05) is 17.0 Å². The van der Waals surface area contributed by atoms with Gasteiger partial charge in [0.1, 0.15) is 17.3 Å². The molecule has 0 N–H and O–H groups in total. The van der Waals surface area contributed by atoms with Gasteiger partial charge in [0, 0.05) is 19.0 Å². The first-order valence-corrected chi connectivity index (χ1v) is 7.72. The normalized spacial score (nSPS) is 24.7. The van der Waals surface area contributed by atoms with Crippen LogP contribution in [0.2, 0.25) is 0 Å². The van der Waals surface area contributed by atoms with Gasteiger partial charge in [-0.25, -0.2) is 0 Å². The fourth-order valence-electron chi connectivity index (χ4n) is 3.17. The van der Waals surface area contributed by atoms with Crippen LogP contribution in [0.25, 0.3) is 0 Å². The van der Waals surface area contributed by atoms with Crippen LogP contribution in [0.1, 0.15) is 42.4 Å². The number of hydrogen-bond acceptors (Lipinski definition) is 4. The topological polar surface area (TPSA) is 47.1 Å². The van der Waals surface area contributed by atoms with E-state index in [1.54, 1.807) is 0 Å². The summed E-state index contributed by atoms with van der Waals surface area (Å²) >= 11 is 0. The highest BCUT2D eigenvalue weighted by atomic mass is 19.4. The molecular weight excluding hydrogens is 309 g/mol. The Morgan fingerprint density at radius 2 is 2.04 bits per heavy atom. The van der Waals surface area contributed by atoms with E-state index in [4.69, 9.17) is 4.42 Å². The highest BCUT2D eigenvalue weighted by Crippen LogP contribution is 2.47. The molecule has 5 nitrogen and oxygen atoms in total. The zero-order valence-corrected chi connectivity index (χ0v) is 12.7. The van der Waals surface area contributed by atoms with Crippen molar-refractivity contribution in [2.75, 3.05) is 6.54 Å². The molecular formula is C15H17F3N4O. The van der Waals surface area contributed by atoms with Gasteiger partial charge in [0.2, 0.25) is 5.82 Å². The summed E-state index contributed by atoms with van der Waals surface area (Å²) in [5.74, 6) is 2.53. The minimum Gasteiger partial charge on any atom is -0.464 e. The van der Waals surface area contributed by atoms with Gasteiger partial charge in [-0.3, -0.25) is 4.90 Å². The number of hydrogen-bond donors (Lipinski definition) is 0. The van der Waals surface area contributed by atoms with Crippen molar-refractivity contribution in [3.8, 4) is 0 Å². The molecule has 23 heavy (non-hydrogen) atoms. The lowest BCUT2D eigenvalue weighted by molar-refractivity contribution is -0.148. The summed E-state index contributed by atoms with van der Waals surface area (Å²) in [4.78, 5) is 2.03. The molecule has 124 valence electrons. The summed E-state index contributed by atoms with van der Waals surface area (Å²) in [6, 6.07) is 3.97. The van der Waals surface area contributed by atoms with Crippen LogP contribution in [-0.2, 0) is 25.8 Å².